The highest BCUT2D eigenvalue weighted by Gasteiger charge is 2.10. The van der Waals surface area contributed by atoms with Crippen LogP contribution in [-0.2, 0) is 7.05 Å². The third-order valence-corrected chi connectivity index (χ3v) is 4.51. The summed E-state index contributed by atoms with van der Waals surface area (Å²) in [5.74, 6) is 1.61. The summed E-state index contributed by atoms with van der Waals surface area (Å²) in [5.41, 5.74) is 0.779. The minimum atomic E-state index is -0.312. The third kappa shape index (κ3) is 6.91. The number of hydrogen-bond acceptors (Lipinski definition) is 6. The van der Waals surface area contributed by atoms with Crippen molar-refractivity contribution in [1.82, 2.24) is 30.4 Å². The van der Waals surface area contributed by atoms with E-state index in [4.69, 9.17) is 4.74 Å². The third-order valence-electron chi connectivity index (χ3n) is 4.51. The van der Waals surface area contributed by atoms with Gasteiger partial charge in [0.25, 0.3) is 0 Å². The molecule has 3 rings (SSSR count). The Morgan fingerprint density at radius 1 is 1.26 bits per heavy atom. The van der Waals surface area contributed by atoms with Crippen molar-refractivity contribution in [2.45, 2.75) is 19.4 Å². The molecular weight excluding hydrogens is 514 g/mol. The second kappa shape index (κ2) is 12.2. The maximum absolute atomic E-state index is 13.3. The van der Waals surface area contributed by atoms with Crippen LogP contribution in [0.1, 0.15) is 13.3 Å². The smallest absolute Gasteiger partial charge is 0.191 e. The number of nitrogens with zero attached hydrogens (tertiary/aromatic N) is 5. The molecule has 3 N–H and O–H groups in total. The summed E-state index contributed by atoms with van der Waals surface area (Å²) < 4.78 is 20.9. The fraction of sp³-hybridized carbons (Fsp3) is 0.400. The van der Waals surface area contributed by atoms with Crippen LogP contribution in [-0.4, -0.2) is 58.5 Å². The molecule has 0 bridgehead atoms. The summed E-state index contributed by atoms with van der Waals surface area (Å²) in [6.45, 7) is 3.83. The van der Waals surface area contributed by atoms with Gasteiger partial charge >= 0.3 is 0 Å². The topological polar surface area (TPSA) is 101 Å². The number of guanidine groups is 1. The molecule has 0 aliphatic heterocycles. The van der Waals surface area contributed by atoms with E-state index in [2.05, 4.69) is 36.0 Å². The van der Waals surface area contributed by atoms with E-state index in [1.807, 2.05) is 14.0 Å². The summed E-state index contributed by atoms with van der Waals surface area (Å²) in [4.78, 5) is 12.7. The molecule has 0 aliphatic rings. The van der Waals surface area contributed by atoms with Crippen LogP contribution in [0, 0.1) is 5.82 Å². The van der Waals surface area contributed by atoms with Gasteiger partial charge in [0.1, 0.15) is 29.8 Å². The molecule has 1 aromatic carbocycles. The van der Waals surface area contributed by atoms with Crippen LogP contribution < -0.4 is 20.7 Å². The van der Waals surface area contributed by atoms with Gasteiger partial charge in [0, 0.05) is 33.3 Å². The van der Waals surface area contributed by atoms with Crippen LogP contribution in [0.5, 0.6) is 5.75 Å². The van der Waals surface area contributed by atoms with E-state index in [1.54, 1.807) is 30.1 Å². The molecule has 0 aliphatic carbocycles. The predicted molar refractivity (Wildman–Crippen MR) is 131 cm³/mol. The highest BCUT2D eigenvalue weighted by atomic mass is 127. The molecule has 31 heavy (non-hydrogen) atoms. The molecule has 2 aromatic heterocycles. The second-order valence-corrected chi connectivity index (χ2v) is 6.64. The van der Waals surface area contributed by atoms with Gasteiger partial charge < -0.3 is 20.7 Å². The number of fused-ring (bicyclic) bond motifs is 1. The van der Waals surface area contributed by atoms with Crippen molar-refractivity contribution < 1.29 is 9.13 Å². The van der Waals surface area contributed by atoms with Crippen molar-refractivity contribution in [2.24, 2.45) is 12.0 Å². The number of benzene rings is 1. The first-order valence-corrected chi connectivity index (χ1v) is 9.84. The summed E-state index contributed by atoms with van der Waals surface area (Å²) >= 11 is 0. The lowest BCUT2D eigenvalue weighted by Crippen LogP contribution is -2.43. The van der Waals surface area contributed by atoms with Gasteiger partial charge in [-0.25, -0.2) is 14.4 Å². The lowest BCUT2D eigenvalue weighted by Gasteiger charge is -2.20. The highest BCUT2D eigenvalue weighted by molar-refractivity contribution is 14.0. The molecule has 9 nitrogen and oxygen atoms in total. The molecule has 2 heterocycles. The van der Waals surface area contributed by atoms with Gasteiger partial charge in [0.2, 0.25) is 0 Å². The number of nitrogens with one attached hydrogen (secondary N) is 3. The first-order valence-electron chi connectivity index (χ1n) is 9.84. The minimum Gasteiger partial charge on any atom is -0.489 e. The summed E-state index contributed by atoms with van der Waals surface area (Å²) in [7, 11) is 3.55. The van der Waals surface area contributed by atoms with E-state index >= 15 is 0 Å². The van der Waals surface area contributed by atoms with Crippen LogP contribution in [0.2, 0.25) is 0 Å². The van der Waals surface area contributed by atoms with Gasteiger partial charge in [0.05, 0.1) is 18.1 Å². The molecule has 11 heteroatoms. The van der Waals surface area contributed by atoms with E-state index in [0.29, 0.717) is 31.3 Å². The Kier molecular flexibility index (Phi) is 9.69. The Hall–Kier alpha value is -2.70. The van der Waals surface area contributed by atoms with Crippen LogP contribution in [0.3, 0.4) is 0 Å². The molecule has 0 spiro atoms. The Labute approximate surface area is 197 Å². The van der Waals surface area contributed by atoms with Crippen molar-refractivity contribution in [3.8, 4) is 5.75 Å². The van der Waals surface area contributed by atoms with E-state index in [1.165, 1.54) is 18.5 Å². The van der Waals surface area contributed by atoms with Gasteiger partial charge in [-0.05, 0) is 18.6 Å². The number of aromatic nitrogens is 4. The monoisotopic (exact) mass is 542 g/mol. The first-order chi connectivity index (χ1) is 14.6. The highest BCUT2D eigenvalue weighted by Crippen LogP contribution is 2.17. The number of halogens is 2. The average molecular weight is 542 g/mol. The molecule has 168 valence electrons. The first kappa shape index (κ1) is 24.6. The molecular formula is C20H28FIN8O. The van der Waals surface area contributed by atoms with Crippen LogP contribution in [0.15, 0.2) is 41.8 Å². The lowest BCUT2D eigenvalue weighted by atomic mass is 10.2. The van der Waals surface area contributed by atoms with E-state index in [-0.39, 0.29) is 35.9 Å². The molecule has 0 radical (unpaired) electrons. The molecule has 0 fully saturated rings. The summed E-state index contributed by atoms with van der Waals surface area (Å²) in [6, 6.07) is 6.16. The molecule has 0 saturated carbocycles. The van der Waals surface area contributed by atoms with Gasteiger partial charge in [-0.15, -0.1) is 24.0 Å². The van der Waals surface area contributed by atoms with Gasteiger partial charge in [-0.1, -0.05) is 13.0 Å². The fourth-order valence-corrected chi connectivity index (χ4v) is 2.90. The van der Waals surface area contributed by atoms with E-state index in [9.17, 15) is 4.39 Å². The summed E-state index contributed by atoms with van der Waals surface area (Å²) in [6.07, 6.45) is 3.93. The zero-order valence-electron chi connectivity index (χ0n) is 17.8. The Morgan fingerprint density at radius 2 is 2.10 bits per heavy atom. The van der Waals surface area contributed by atoms with Gasteiger partial charge in [0.15, 0.2) is 11.6 Å². The number of rotatable bonds is 9. The Bertz CT molecular complexity index is 996. The quantitative estimate of drug-likeness (QED) is 0.165. The maximum atomic E-state index is 13.3. The summed E-state index contributed by atoms with van der Waals surface area (Å²) in [5, 5.41) is 14.9. The zero-order valence-corrected chi connectivity index (χ0v) is 20.1. The van der Waals surface area contributed by atoms with Crippen molar-refractivity contribution >= 4 is 46.8 Å². The SMILES string of the molecule is CCC(CNC(=NC)NCCNc1ncnc2c1cnn2C)Oc1cccc(F)c1.I. The minimum absolute atomic E-state index is 0. The molecule has 0 saturated heterocycles. The van der Waals surface area contributed by atoms with Gasteiger partial charge in [-0.3, -0.25) is 9.67 Å². The second-order valence-electron chi connectivity index (χ2n) is 6.64. The number of ether oxygens (including phenoxy) is 1. The molecule has 0 amide bonds. The van der Waals surface area contributed by atoms with Crippen LogP contribution in [0.4, 0.5) is 10.2 Å². The molecule has 3 aromatic rings. The van der Waals surface area contributed by atoms with Crippen LogP contribution >= 0.6 is 24.0 Å². The number of aryl methyl sites for hydroxylation is 1. The van der Waals surface area contributed by atoms with Crippen molar-refractivity contribution in [1.29, 1.82) is 0 Å². The number of aliphatic imine (C=N–C) groups is 1. The standard InChI is InChI=1S/C20H27FN8O.HI/c1-4-15(30-16-7-5-6-14(21)10-16)11-25-20(22-2)24-9-8-23-18-17-12-28-29(3)19(17)27-13-26-18;/h5-7,10,12-13,15H,4,8-9,11H2,1-3H3,(H2,22,24,25)(H,23,26,27);1H. The van der Waals surface area contributed by atoms with E-state index in [0.717, 1.165) is 23.3 Å². The predicted octanol–water partition coefficient (Wildman–Crippen LogP) is 2.55. The number of anilines is 1. The molecule has 1 atom stereocenters. The number of hydrogen-bond donors (Lipinski definition) is 3. The maximum Gasteiger partial charge on any atom is 0.191 e. The Balaban J connectivity index is 0.00000341. The van der Waals surface area contributed by atoms with Crippen molar-refractivity contribution in [3.63, 3.8) is 0 Å². The average Bonchev–Trinajstić information content (AvgIpc) is 3.14. The van der Waals surface area contributed by atoms with E-state index < -0.39 is 0 Å². The van der Waals surface area contributed by atoms with Crippen LogP contribution in [0.25, 0.3) is 11.0 Å². The zero-order chi connectivity index (χ0) is 21.3. The fourth-order valence-electron chi connectivity index (χ4n) is 2.90. The van der Waals surface area contributed by atoms with Gasteiger partial charge in [-0.2, -0.15) is 5.10 Å². The Morgan fingerprint density at radius 3 is 2.84 bits per heavy atom. The molecule has 1 unspecified atom stereocenters. The lowest BCUT2D eigenvalue weighted by molar-refractivity contribution is 0.199. The van der Waals surface area contributed by atoms with Crippen molar-refractivity contribution in [2.75, 3.05) is 32.0 Å². The van der Waals surface area contributed by atoms with Crippen molar-refractivity contribution in [3.05, 3.63) is 42.6 Å². The largest absolute Gasteiger partial charge is 0.489 e. The normalized spacial score (nSPS) is 12.2.